The summed E-state index contributed by atoms with van der Waals surface area (Å²) < 4.78 is 0. The Labute approximate surface area is 114 Å². The summed E-state index contributed by atoms with van der Waals surface area (Å²) in [6, 6.07) is 3.94. The van der Waals surface area contributed by atoms with Crippen LogP contribution in [0.3, 0.4) is 0 Å². The molecule has 1 aromatic rings. The van der Waals surface area contributed by atoms with E-state index in [0.717, 1.165) is 18.4 Å². The fourth-order valence-electron chi connectivity index (χ4n) is 2.64. The van der Waals surface area contributed by atoms with Gasteiger partial charge in [0.15, 0.2) is 0 Å². The summed E-state index contributed by atoms with van der Waals surface area (Å²) in [5.74, 6) is 0.144. The van der Waals surface area contributed by atoms with Gasteiger partial charge in [0, 0.05) is 25.4 Å². The summed E-state index contributed by atoms with van der Waals surface area (Å²) in [7, 11) is 0. The average molecular weight is 262 g/mol. The van der Waals surface area contributed by atoms with E-state index in [2.05, 4.69) is 4.98 Å². The van der Waals surface area contributed by atoms with Crippen molar-refractivity contribution in [3.8, 4) is 0 Å². The molecule has 0 spiro atoms. The molecule has 2 rings (SSSR count). The lowest BCUT2D eigenvalue weighted by Crippen LogP contribution is -2.48. The van der Waals surface area contributed by atoms with Crippen molar-refractivity contribution in [1.29, 1.82) is 0 Å². The third kappa shape index (κ3) is 3.13. The zero-order valence-electron chi connectivity index (χ0n) is 11.7. The fourth-order valence-corrected chi connectivity index (χ4v) is 2.64. The summed E-state index contributed by atoms with van der Waals surface area (Å²) in [5, 5.41) is 9.88. The number of hydrogen-bond donors (Lipinski definition) is 1. The van der Waals surface area contributed by atoms with E-state index < -0.39 is 11.6 Å². The number of amides is 1. The van der Waals surface area contributed by atoms with Gasteiger partial charge in [-0.3, -0.25) is 9.78 Å². The van der Waals surface area contributed by atoms with E-state index in [4.69, 9.17) is 0 Å². The number of likely N-dealkylation sites (tertiary alicyclic amines) is 1. The first kappa shape index (κ1) is 14.0. The highest BCUT2D eigenvalue weighted by Crippen LogP contribution is 2.29. The summed E-state index contributed by atoms with van der Waals surface area (Å²) >= 11 is 0. The van der Waals surface area contributed by atoms with Crippen molar-refractivity contribution in [2.75, 3.05) is 6.54 Å². The van der Waals surface area contributed by atoms with Crippen LogP contribution >= 0.6 is 0 Å². The Kier molecular flexibility index (Phi) is 4.20. The van der Waals surface area contributed by atoms with Crippen LogP contribution < -0.4 is 0 Å². The molecule has 4 heteroatoms. The SMILES string of the molecule is CC1(C)C(O)CCN1C(=O)CCCc1cccnc1. The largest absolute Gasteiger partial charge is 0.391 e. The monoisotopic (exact) mass is 262 g/mol. The molecule has 0 bridgehead atoms. The smallest absolute Gasteiger partial charge is 0.223 e. The minimum absolute atomic E-state index is 0.144. The van der Waals surface area contributed by atoms with Crippen molar-refractivity contribution in [3.05, 3.63) is 30.1 Å². The molecule has 1 aliphatic rings. The Bertz CT molecular complexity index is 431. The molecule has 1 atom stereocenters. The molecule has 0 aromatic carbocycles. The number of nitrogens with zero attached hydrogens (tertiary/aromatic N) is 2. The number of aryl methyl sites for hydroxylation is 1. The maximum atomic E-state index is 12.2. The van der Waals surface area contributed by atoms with E-state index in [1.807, 2.05) is 37.1 Å². The van der Waals surface area contributed by atoms with Crippen molar-refractivity contribution < 1.29 is 9.90 Å². The molecule has 0 saturated carbocycles. The average Bonchev–Trinajstić information content (AvgIpc) is 2.65. The van der Waals surface area contributed by atoms with Crippen molar-refractivity contribution in [2.45, 2.75) is 51.2 Å². The van der Waals surface area contributed by atoms with Crippen LogP contribution in [0, 0.1) is 0 Å². The van der Waals surface area contributed by atoms with Gasteiger partial charge < -0.3 is 10.0 Å². The molecular weight excluding hydrogens is 240 g/mol. The van der Waals surface area contributed by atoms with Gasteiger partial charge >= 0.3 is 0 Å². The van der Waals surface area contributed by atoms with Gasteiger partial charge in [-0.15, -0.1) is 0 Å². The highest BCUT2D eigenvalue weighted by Gasteiger charge is 2.42. The second-order valence-electron chi connectivity index (χ2n) is 5.72. The molecule has 104 valence electrons. The first-order chi connectivity index (χ1) is 9.01. The number of aromatic nitrogens is 1. The van der Waals surface area contributed by atoms with Gasteiger partial charge in [-0.25, -0.2) is 0 Å². The third-order valence-corrected chi connectivity index (χ3v) is 4.02. The fraction of sp³-hybridized carbons (Fsp3) is 0.600. The number of aliphatic hydroxyl groups is 1. The first-order valence-corrected chi connectivity index (χ1v) is 6.89. The van der Waals surface area contributed by atoms with Gasteiger partial charge in [-0.05, 0) is 44.7 Å². The molecule has 1 unspecified atom stereocenters. The van der Waals surface area contributed by atoms with Gasteiger partial charge in [0.25, 0.3) is 0 Å². The van der Waals surface area contributed by atoms with Crippen LogP contribution in [-0.4, -0.2) is 39.1 Å². The normalized spacial score (nSPS) is 21.6. The van der Waals surface area contributed by atoms with Crippen LogP contribution in [0.1, 0.15) is 38.7 Å². The van der Waals surface area contributed by atoms with E-state index in [0.29, 0.717) is 19.4 Å². The molecule has 1 aliphatic heterocycles. The summed E-state index contributed by atoms with van der Waals surface area (Å²) in [4.78, 5) is 18.1. The molecule has 19 heavy (non-hydrogen) atoms. The summed E-state index contributed by atoms with van der Waals surface area (Å²) in [6.45, 7) is 4.53. The van der Waals surface area contributed by atoms with E-state index >= 15 is 0 Å². The lowest BCUT2D eigenvalue weighted by Gasteiger charge is -2.33. The van der Waals surface area contributed by atoms with Crippen molar-refractivity contribution in [2.24, 2.45) is 0 Å². The molecule has 4 nitrogen and oxygen atoms in total. The van der Waals surface area contributed by atoms with E-state index in [1.54, 1.807) is 6.20 Å². The Morgan fingerprint density at radius 1 is 1.58 bits per heavy atom. The molecule has 1 fully saturated rings. The minimum Gasteiger partial charge on any atom is -0.391 e. The quantitative estimate of drug-likeness (QED) is 0.900. The Hall–Kier alpha value is -1.42. The van der Waals surface area contributed by atoms with E-state index in [1.165, 1.54) is 0 Å². The molecule has 2 heterocycles. The minimum atomic E-state index is -0.425. The van der Waals surface area contributed by atoms with E-state index in [-0.39, 0.29) is 5.91 Å². The van der Waals surface area contributed by atoms with Gasteiger partial charge in [-0.1, -0.05) is 6.07 Å². The maximum Gasteiger partial charge on any atom is 0.223 e. The van der Waals surface area contributed by atoms with Gasteiger partial charge in [0.1, 0.15) is 0 Å². The van der Waals surface area contributed by atoms with Gasteiger partial charge in [0.2, 0.25) is 5.91 Å². The molecule has 1 aromatic heterocycles. The van der Waals surface area contributed by atoms with Gasteiger partial charge in [0.05, 0.1) is 11.6 Å². The topological polar surface area (TPSA) is 53.4 Å². The molecule has 0 radical (unpaired) electrons. The van der Waals surface area contributed by atoms with Crippen LogP contribution in [-0.2, 0) is 11.2 Å². The number of carbonyl (C=O) groups is 1. The van der Waals surface area contributed by atoms with Gasteiger partial charge in [-0.2, -0.15) is 0 Å². The Balaban J connectivity index is 1.82. The van der Waals surface area contributed by atoms with Crippen LogP contribution in [0.2, 0.25) is 0 Å². The number of rotatable bonds is 4. The third-order valence-electron chi connectivity index (χ3n) is 4.02. The predicted molar refractivity (Wildman–Crippen MR) is 73.6 cm³/mol. The standard InChI is InChI=1S/C15H22N2O2/c1-15(2)13(18)8-10-17(15)14(19)7-3-5-12-6-4-9-16-11-12/h4,6,9,11,13,18H,3,5,7-8,10H2,1-2H3. The van der Waals surface area contributed by atoms with Crippen molar-refractivity contribution in [1.82, 2.24) is 9.88 Å². The predicted octanol–water partition coefficient (Wildman–Crippen LogP) is 1.78. The number of hydrogen-bond acceptors (Lipinski definition) is 3. The van der Waals surface area contributed by atoms with Crippen molar-refractivity contribution in [3.63, 3.8) is 0 Å². The highest BCUT2D eigenvalue weighted by molar-refractivity contribution is 5.77. The van der Waals surface area contributed by atoms with Crippen LogP contribution in [0.5, 0.6) is 0 Å². The Morgan fingerprint density at radius 3 is 2.95 bits per heavy atom. The second-order valence-corrected chi connectivity index (χ2v) is 5.72. The molecular formula is C15H22N2O2. The van der Waals surface area contributed by atoms with Crippen LogP contribution in [0.4, 0.5) is 0 Å². The first-order valence-electron chi connectivity index (χ1n) is 6.89. The van der Waals surface area contributed by atoms with Crippen molar-refractivity contribution >= 4 is 5.91 Å². The zero-order chi connectivity index (χ0) is 13.9. The number of aliphatic hydroxyl groups excluding tert-OH is 1. The van der Waals surface area contributed by atoms with Crippen LogP contribution in [0.25, 0.3) is 0 Å². The maximum absolute atomic E-state index is 12.2. The highest BCUT2D eigenvalue weighted by atomic mass is 16.3. The summed E-state index contributed by atoms with van der Waals surface area (Å²) in [5.41, 5.74) is 0.738. The lowest BCUT2D eigenvalue weighted by molar-refractivity contribution is -0.136. The molecule has 1 amide bonds. The zero-order valence-corrected chi connectivity index (χ0v) is 11.7. The summed E-state index contributed by atoms with van der Waals surface area (Å²) in [6.07, 6.45) is 6.10. The van der Waals surface area contributed by atoms with Crippen LogP contribution in [0.15, 0.2) is 24.5 Å². The number of pyridine rings is 1. The Morgan fingerprint density at radius 2 is 2.37 bits per heavy atom. The molecule has 1 saturated heterocycles. The molecule has 1 N–H and O–H groups in total. The number of carbonyl (C=O) groups excluding carboxylic acids is 1. The molecule has 0 aliphatic carbocycles. The lowest BCUT2D eigenvalue weighted by atomic mass is 9.98. The van der Waals surface area contributed by atoms with E-state index in [9.17, 15) is 9.90 Å². The second kappa shape index (κ2) is 5.70.